The summed E-state index contributed by atoms with van der Waals surface area (Å²) in [5, 5.41) is 0.848. The lowest BCUT2D eigenvalue weighted by Gasteiger charge is -2.14. The van der Waals surface area contributed by atoms with E-state index in [9.17, 15) is 0 Å². The molecule has 1 atom stereocenters. The third kappa shape index (κ3) is 3.17. The van der Waals surface area contributed by atoms with Gasteiger partial charge in [0, 0.05) is 28.9 Å². The lowest BCUT2D eigenvalue weighted by Crippen LogP contribution is -2.22. The molecule has 0 aliphatic carbocycles. The van der Waals surface area contributed by atoms with Gasteiger partial charge in [-0.05, 0) is 37.3 Å². The molecule has 0 spiro atoms. The number of aromatic nitrogens is 2. The summed E-state index contributed by atoms with van der Waals surface area (Å²) in [7, 11) is 1.58. The maximum Gasteiger partial charge on any atom is 0.164 e. The number of benzene rings is 2. The van der Waals surface area contributed by atoms with Crippen LogP contribution in [-0.2, 0) is 0 Å². The normalized spacial score (nSPS) is 12.1. The van der Waals surface area contributed by atoms with Gasteiger partial charge in [0.15, 0.2) is 17.3 Å². The van der Waals surface area contributed by atoms with Crippen LogP contribution in [-0.4, -0.2) is 23.3 Å². The Morgan fingerprint density at radius 3 is 2.48 bits per heavy atom. The fourth-order valence-electron chi connectivity index (χ4n) is 2.26. The van der Waals surface area contributed by atoms with Gasteiger partial charge in [0.2, 0.25) is 0 Å². The molecule has 1 heterocycles. The van der Waals surface area contributed by atoms with Crippen LogP contribution in [0.25, 0.3) is 22.3 Å². The minimum atomic E-state index is -0.434. The molecule has 0 saturated carbocycles. The Kier molecular flexibility index (Phi) is 3.99. The third-order valence-electron chi connectivity index (χ3n) is 3.35. The topological polar surface area (TPSA) is 96.3 Å². The summed E-state index contributed by atoms with van der Waals surface area (Å²) in [6.45, 7) is 1.75. The molecule has 3 aromatic rings. The minimum absolute atomic E-state index is 0.434. The molecular weight excluding hydrogens is 292 g/mol. The van der Waals surface area contributed by atoms with Crippen LogP contribution in [0.1, 0.15) is 6.92 Å². The summed E-state index contributed by atoms with van der Waals surface area (Å²) in [6, 6.07) is 11.1. The fraction of sp³-hybridized carbons (Fsp3) is 0.176. The van der Waals surface area contributed by atoms with E-state index in [1.807, 2.05) is 36.4 Å². The highest BCUT2D eigenvalue weighted by Gasteiger charge is 2.11. The molecule has 0 bridgehead atoms. The van der Waals surface area contributed by atoms with E-state index in [4.69, 9.17) is 20.9 Å². The average Bonchev–Trinajstić information content (AvgIpc) is 2.54. The SMILES string of the molecule is COc1cc2nc(-c3ccc(N)cc3)ncc2cc1OC(C)N. The van der Waals surface area contributed by atoms with E-state index < -0.39 is 6.23 Å². The second-order valence-electron chi connectivity index (χ2n) is 5.20. The van der Waals surface area contributed by atoms with Gasteiger partial charge in [-0.15, -0.1) is 0 Å². The van der Waals surface area contributed by atoms with E-state index in [0.717, 1.165) is 16.5 Å². The summed E-state index contributed by atoms with van der Waals surface area (Å²) in [5.74, 6) is 1.77. The van der Waals surface area contributed by atoms with E-state index in [1.54, 1.807) is 20.2 Å². The summed E-state index contributed by atoms with van der Waals surface area (Å²) in [4.78, 5) is 8.99. The van der Waals surface area contributed by atoms with Crippen molar-refractivity contribution in [3.63, 3.8) is 0 Å². The largest absolute Gasteiger partial charge is 0.493 e. The lowest BCUT2D eigenvalue weighted by molar-refractivity contribution is 0.219. The molecule has 0 saturated heterocycles. The third-order valence-corrected chi connectivity index (χ3v) is 3.35. The Morgan fingerprint density at radius 1 is 1.09 bits per heavy atom. The number of hydrogen-bond acceptors (Lipinski definition) is 6. The standard InChI is InChI=1S/C17H18N4O2/c1-10(18)23-16-7-12-9-20-17(11-3-5-13(19)6-4-11)21-14(12)8-15(16)22-2/h3-10H,18-19H2,1-2H3. The van der Waals surface area contributed by atoms with Crippen molar-refractivity contribution in [2.24, 2.45) is 5.73 Å². The zero-order valence-corrected chi connectivity index (χ0v) is 13.0. The Labute approximate surface area is 134 Å². The highest BCUT2D eigenvalue weighted by molar-refractivity contribution is 5.83. The van der Waals surface area contributed by atoms with Gasteiger partial charge in [0.1, 0.15) is 6.23 Å². The molecule has 0 aliphatic heterocycles. The number of rotatable bonds is 4. The van der Waals surface area contributed by atoms with Gasteiger partial charge in [-0.1, -0.05) is 0 Å². The number of fused-ring (bicyclic) bond motifs is 1. The molecule has 1 unspecified atom stereocenters. The summed E-state index contributed by atoms with van der Waals surface area (Å²) >= 11 is 0. The molecule has 0 fully saturated rings. The second kappa shape index (κ2) is 6.10. The van der Waals surface area contributed by atoms with Crippen molar-refractivity contribution in [1.82, 2.24) is 9.97 Å². The van der Waals surface area contributed by atoms with Crippen molar-refractivity contribution < 1.29 is 9.47 Å². The van der Waals surface area contributed by atoms with E-state index in [1.165, 1.54) is 0 Å². The maximum atomic E-state index is 5.71. The predicted octanol–water partition coefficient (Wildman–Crippen LogP) is 2.57. The van der Waals surface area contributed by atoms with Gasteiger partial charge in [-0.25, -0.2) is 9.97 Å². The maximum absolute atomic E-state index is 5.71. The van der Waals surface area contributed by atoms with E-state index in [2.05, 4.69) is 9.97 Å². The zero-order valence-electron chi connectivity index (χ0n) is 13.0. The van der Waals surface area contributed by atoms with Crippen LogP contribution in [0.5, 0.6) is 11.5 Å². The van der Waals surface area contributed by atoms with Gasteiger partial charge >= 0.3 is 0 Å². The molecule has 0 aliphatic rings. The summed E-state index contributed by atoms with van der Waals surface area (Å²) < 4.78 is 10.9. The number of anilines is 1. The van der Waals surface area contributed by atoms with Gasteiger partial charge in [0.05, 0.1) is 12.6 Å². The van der Waals surface area contributed by atoms with Gasteiger partial charge in [-0.3, -0.25) is 5.73 Å². The molecule has 6 nitrogen and oxygen atoms in total. The molecule has 2 aromatic carbocycles. The van der Waals surface area contributed by atoms with Crippen LogP contribution < -0.4 is 20.9 Å². The number of nitrogens with zero attached hydrogens (tertiary/aromatic N) is 2. The molecule has 1 aromatic heterocycles. The Morgan fingerprint density at radius 2 is 1.83 bits per heavy atom. The van der Waals surface area contributed by atoms with Crippen LogP contribution in [0.2, 0.25) is 0 Å². The van der Waals surface area contributed by atoms with Crippen LogP contribution in [0.4, 0.5) is 5.69 Å². The van der Waals surface area contributed by atoms with Crippen molar-refractivity contribution in [2.45, 2.75) is 13.2 Å². The molecule has 23 heavy (non-hydrogen) atoms. The van der Waals surface area contributed by atoms with Gasteiger partial charge < -0.3 is 15.2 Å². The first-order valence-electron chi connectivity index (χ1n) is 7.20. The van der Waals surface area contributed by atoms with Gasteiger partial charge in [0.25, 0.3) is 0 Å². The monoisotopic (exact) mass is 310 g/mol. The molecule has 4 N–H and O–H groups in total. The Balaban J connectivity index is 2.07. The van der Waals surface area contributed by atoms with Crippen molar-refractivity contribution in [3.05, 3.63) is 42.6 Å². The lowest BCUT2D eigenvalue weighted by atomic mass is 10.1. The smallest absolute Gasteiger partial charge is 0.164 e. The van der Waals surface area contributed by atoms with Crippen molar-refractivity contribution in [1.29, 1.82) is 0 Å². The Bertz CT molecular complexity index is 832. The van der Waals surface area contributed by atoms with E-state index in [0.29, 0.717) is 23.0 Å². The number of nitrogen functional groups attached to an aromatic ring is 1. The van der Waals surface area contributed by atoms with Crippen LogP contribution >= 0.6 is 0 Å². The highest BCUT2D eigenvalue weighted by Crippen LogP contribution is 2.32. The summed E-state index contributed by atoms with van der Waals surface area (Å²) in [6.07, 6.45) is 1.32. The minimum Gasteiger partial charge on any atom is -0.493 e. The highest BCUT2D eigenvalue weighted by atomic mass is 16.5. The quantitative estimate of drug-likeness (QED) is 0.568. The zero-order chi connectivity index (χ0) is 16.4. The Hall–Kier alpha value is -2.86. The van der Waals surface area contributed by atoms with Crippen LogP contribution in [0, 0.1) is 0 Å². The number of methoxy groups -OCH3 is 1. The molecule has 0 amide bonds. The van der Waals surface area contributed by atoms with Crippen molar-refractivity contribution in [3.8, 4) is 22.9 Å². The number of hydrogen-bond donors (Lipinski definition) is 2. The molecule has 118 valence electrons. The number of ether oxygens (including phenoxy) is 2. The first-order valence-corrected chi connectivity index (χ1v) is 7.20. The first kappa shape index (κ1) is 15.1. The van der Waals surface area contributed by atoms with Crippen molar-refractivity contribution in [2.75, 3.05) is 12.8 Å². The molecule has 0 radical (unpaired) electrons. The van der Waals surface area contributed by atoms with Crippen LogP contribution in [0.3, 0.4) is 0 Å². The fourth-order valence-corrected chi connectivity index (χ4v) is 2.26. The average molecular weight is 310 g/mol. The van der Waals surface area contributed by atoms with E-state index in [-0.39, 0.29) is 0 Å². The molecule has 6 heteroatoms. The molecular formula is C17H18N4O2. The number of nitrogens with two attached hydrogens (primary N) is 2. The molecule has 3 rings (SSSR count). The van der Waals surface area contributed by atoms with Gasteiger partial charge in [-0.2, -0.15) is 0 Å². The first-order chi connectivity index (χ1) is 11.1. The van der Waals surface area contributed by atoms with Crippen molar-refractivity contribution >= 4 is 16.6 Å². The second-order valence-corrected chi connectivity index (χ2v) is 5.20. The predicted molar refractivity (Wildman–Crippen MR) is 90.2 cm³/mol. The van der Waals surface area contributed by atoms with E-state index >= 15 is 0 Å². The van der Waals surface area contributed by atoms with Crippen LogP contribution in [0.15, 0.2) is 42.6 Å². The summed E-state index contributed by atoms with van der Waals surface area (Å²) in [5.41, 5.74) is 13.8.